The molecule has 2 N–H and O–H groups in total. The quantitative estimate of drug-likeness (QED) is 0.762. The number of rotatable bonds is 7. The van der Waals surface area contributed by atoms with Gasteiger partial charge in [0.2, 0.25) is 0 Å². The highest BCUT2D eigenvalue weighted by Crippen LogP contribution is 2.25. The molecule has 0 saturated carbocycles. The number of aromatic carboxylic acids is 1. The van der Waals surface area contributed by atoms with Gasteiger partial charge in [-0.05, 0) is 24.9 Å². The Labute approximate surface area is 121 Å². The molecule has 0 aromatic carbocycles. The third-order valence-corrected chi connectivity index (χ3v) is 3.77. The van der Waals surface area contributed by atoms with Crippen LogP contribution in [0.15, 0.2) is 12.4 Å². The molecule has 108 valence electrons. The van der Waals surface area contributed by atoms with E-state index in [2.05, 4.69) is 21.7 Å². The van der Waals surface area contributed by atoms with Gasteiger partial charge in [0.15, 0.2) is 5.65 Å². The van der Waals surface area contributed by atoms with E-state index < -0.39 is 5.97 Å². The number of hydrogen-bond donors (Lipinski definition) is 2. The van der Waals surface area contributed by atoms with Gasteiger partial charge in [0.1, 0.15) is 5.56 Å². The van der Waals surface area contributed by atoms with E-state index in [1.54, 1.807) is 17.9 Å². The lowest BCUT2D eigenvalue weighted by atomic mass is 10.1. The van der Waals surface area contributed by atoms with Crippen molar-refractivity contribution in [3.8, 4) is 0 Å². The first-order chi connectivity index (χ1) is 9.65. The van der Waals surface area contributed by atoms with Crippen LogP contribution in [-0.2, 0) is 7.05 Å². The van der Waals surface area contributed by atoms with Gasteiger partial charge in [0, 0.05) is 19.8 Å². The zero-order valence-electron chi connectivity index (χ0n) is 11.6. The first-order valence-corrected chi connectivity index (χ1v) is 7.81. The van der Waals surface area contributed by atoms with Crippen molar-refractivity contribution in [1.82, 2.24) is 14.8 Å². The van der Waals surface area contributed by atoms with Crippen molar-refractivity contribution in [3.63, 3.8) is 0 Å². The summed E-state index contributed by atoms with van der Waals surface area (Å²) in [7, 11) is 1.79. The van der Waals surface area contributed by atoms with E-state index in [4.69, 9.17) is 0 Å². The highest BCUT2D eigenvalue weighted by Gasteiger charge is 2.16. The summed E-state index contributed by atoms with van der Waals surface area (Å²) >= 11 is 1.82. The van der Waals surface area contributed by atoms with Gasteiger partial charge in [-0.25, -0.2) is 9.78 Å². The number of nitrogens with zero attached hydrogens (tertiary/aromatic N) is 3. The fourth-order valence-corrected chi connectivity index (χ4v) is 2.53. The molecule has 0 atom stereocenters. The third-order valence-electron chi connectivity index (χ3n) is 3.07. The third kappa shape index (κ3) is 3.04. The fraction of sp³-hybridized carbons (Fsp3) is 0.462. The number of carboxylic acids is 1. The van der Waals surface area contributed by atoms with Crippen molar-refractivity contribution in [3.05, 3.63) is 18.0 Å². The number of fused-ring (bicyclic) bond motifs is 1. The topological polar surface area (TPSA) is 80.0 Å². The summed E-state index contributed by atoms with van der Waals surface area (Å²) in [6, 6.07) is 0. The summed E-state index contributed by atoms with van der Waals surface area (Å²) < 4.78 is 1.64. The summed E-state index contributed by atoms with van der Waals surface area (Å²) in [6.45, 7) is 0.745. The van der Waals surface area contributed by atoms with Crippen molar-refractivity contribution >= 4 is 34.5 Å². The zero-order valence-corrected chi connectivity index (χ0v) is 12.4. The van der Waals surface area contributed by atoms with E-state index in [-0.39, 0.29) is 5.56 Å². The summed E-state index contributed by atoms with van der Waals surface area (Å²) in [6.07, 6.45) is 7.23. The lowest BCUT2D eigenvalue weighted by Crippen LogP contribution is -2.09. The van der Waals surface area contributed by atoms with E-state index in [1.807, 2.05) is 11.8 Å². The number of carbonyl (C=O) groups is 1. The maximum Gasteiger partial charge on any atom is 0.339 e. The predicted octanol–water partition coefficient (Wildman–Crippen LogP) is 2.22. The number of aromatic nitrogens is 3. The molecule has 0 bridgehead atoms. The zero-order chi connectivity index (χ0) is 14.5. The molecule has 0 unspecified atom stereocenters. The Morgan fingerprint density at radius 2 is 2.25 bits per heavy atom. The van der Waals surface area contributed by atoms with E-state index in [1.165, 1.54) is 6.20 Å². The van der Waals surface area contributed by atoms with Crippen LogP contribution in [0, 0.1) is 0 Å². The molecular formula is C13H18N4O2S. The maximum atomic E-state index is 11.3. The number of carboxylic acid groups (broad SMARTS) is 1. The van der Waals surface area contributed by atoms with Gasteiger partial charge in [0.05, 0.1) is 17.3 Å². The lowest BCUT2D eigenvalue weighted by molar-refractivity contribution is 0.0697. The first-order valence-electron chi connectivity index (χ1n) is 6.42. The first kappa shape index (κ1) is 14.6. The van der Waals surface area contributed by atoms with Crippen LogP contribution in [-0.4, -0.2) is 44.4 Å². The number of nitrogens with one attached hydrogen (secondary N) is 1. The second-order valence-corrected chi connectivity index (χ2v) is 5.47. The fourth-order valence-electron chi connectivity index (χ4n) is 2.03. The number of aryl methyl sites for hydroxylation is 1. The Hall–Kier alpha value is -1.76. The van der Waals surface area contributed by atoms with Crippen molar-refractivity contribution in [2.75, 3.05) is 23.9 Å². The number of unbranched alkanes of at least 4 members (excludes halogenated alkanes) is 1. The normalized spacial score (nSPS) is 10.9. The molecule has 0 radical (unpaired) electrons. The van der Waals surface area contributed by atoms with Crippen LogP contribution in [0.25, 0.3) is 11.0 Å². The standard InChI is InChI=1S/C13H18N4O2S/c1-17-12-9(8-16-17)11(10(7-15-12)13(18)19)14-5-3-4-6-20-2/h7-8H,3-6H2,1-2H3,(H,14,15)(H,18,19). The van der Waals surface area contributed by atoms with Crippen LogP contribution in [0.2, 0.25) is 0 Å². The summed E-state index contributed by atoms with van der Waals surface area (Å²) in [5, 5.41) is 17.4. The predicted molar refractivity (Wildman–Crippen MR) is 81.6 cm³/mol. The number of anilines is 1. The Bertz CT molecular complexity index is 612. The van der Waals surface area contributed by atoms with Crippen molar-refractivity contribution in [2.24, 2.45) is 7.05 Å². The van der Waals surface area contributed by atoms with Crippen molar-refractivity contribution in [1.29, 1.82) is 0 Å². The van der Waals surface area contributed by atoms with E-state index in [9.17, 15) is 9.90 Å². The lowest BCUT2D eigenvalue weighted by Gasteiger charge is -2.10. The van der Waals surface area contributed by atoms with Gasteiger partial charge >= 0.3 is 5.97 Å². The molecule has 0 aliphatic carbocycles. The van der Waals surface area contributed by atoms with Crippen LogP contribution < -0.4 is 5.32 Å². The second kappa shape index (κ2) is 6.60. The molecule has 2 heterocycles. The number of hydrogen-bond acceptors (Lipinski definition) is 5. The van der Waals surface area contributed by atoms with Crippen LogP contribution in [0.3, 0.4) is 0 Å². The average Bonchev–Trinajstić information content (AvgIpc) is 2.80. The molecular weight excluding hydrogens is 276 g/mol. The van der Waals surface area contributed by atoms with Crippen molar-refractivity contribution < 1.29 is 9.90 Å². The Morgan fingerprint density at radius 1 is 1.45 bits per heavy atom. The SMILES string of the molecule is CSCCCCNc1c(C(=O)O)cnc2c1cnn2C. The molecule has 2 rings (SSSR count). The monoisotopic (exact) mass is 294 g/mol. The average molecular weight is 294 g/mol. The van der Waals surface area contributed by atoms with Gasteiger partial charge in [-0.3, -0.25) is 4.68 Å². The van der Waals surface area contributed by atoms with Crippen LogP contribution in [0.5, 0.6) is 0 Å². The molecule has 2 aromatic heterocycles. The molecule has 2 aromatic rings. The van der Waals surface area contributed by atoms with Gasteiger partial charge < -0.3 is 10.4 Å². The van der Waals surface area contributed by atoms with Gasteiger partial charge in [-0.2, -0.15) is 16.9 Å². The van der Waals surface area contributed by atoms with E-state index in [0.29, 0.717) is 11.3 Å². The molecule has 0 spiro atoms. The van der Waals surface area contributed by atoms with E-state index >= 15 is 0 Å². The van der Waals surface area contributed by atoms with Gasteiger partial charge in [-0.15, -0.1) is 0 Å². The highest BCUT2D eigenvalue weighted by atomic mass is 32.2. The summed E-state index contributed by atoms with van der Waals surface area (Å²) in [5.41, 5.74) is 1.48. The largest absolute Gasteiger partial charge is 0.478 e. The smallest absolute Gasteiger partial charge is 0.339 e. The molecule has 0 amide bonds. The minimum Gasteiger partial charge on any atom is -0.478 e. The molecule has 6 nitrogen and oxygen atoms in total. The maximum absolute atomic E-state index is 11.3. The number of pyridine rings is 1. The van der Waals surface area contributed by atoms with Crippen LogP contribution in [0.1, 0.15) is 23.2 Å². The Kier molecular flexibility index (Phi) is 4.84. The minimum absolute atomic E-state index is 0.190. The molecule has 0 saturated heterocycles. The number of thioether (sulfide) groups is 1. The Balaban J connectivity index is 2.23. The van der Waals surface area contributed by atoms with E-state index in [0.717, 1.165) is 30.5 Å². The highest BCUT2D eigenvalue weighted by molar-refractivity contribution is 7.98. The summed E-state index contributed by atoms with van der Waals surface area (Å²) in [4.78, 5) is 15.5. The molecule has 0 aliphatic rings. The second-order valence-electron chi connectivity index (χ2n) is 4.48. The molecule has 0 fully saturated rings. The molecule has 20 heavy (non-hydrogen) atoms. The van der Waals surface area contributed by atoms with Crippen molar-refractivity contribution in [2.45, 2.75) is 12.8 Å². The van der Waals surface area contributed by atoms with Crippen LogP contribution >= 0.6 is 11.8 Å². The van der Waals surface area contributed by atoms with Gasteiger partial charge in [0.25, 0.3) is 0 Å². The Morgan fingerprint density at radius 3 is 2.95 bits per heavy atom. The van der Waals surface area contributed by atoms with Gasteiger partial charge in [-0.1, -0.05) is 0 Å². The molecule has 0 aliphatic heterocycles. The summed E-state index contributed by atoms with van der Waals surface area (Å²) in [5.74, 6) is 0.140. The van der Waals surface area contributed by atoms with Crippen LogP contribution in [0.4, 0.5) is 5.69 Å². The molecule has 7 heteroatoms. The minimum atomic E-state index is -0.977.